The Hall–Kier alpha value is -1.27. The Kier molecular flexibility index (Phi) is 4.98. The highest BCUT2D eigenvalue weighted by Gasteiger charge is 2.23. The molecule has 0 aliphatic carbocycles. The molecule has 0 saturated heterocycles. The van der Waals surface area contributed by atoms with Gasteiger partial charge in [0.05, 0.1) is 18.0 Å². The van der Waals surface area contributed by atoms with E-state index >= 15 is 0 Å². The van der Waals surface area contributed by atoms with Gasteiger partial charge in [0.15, 0.2) is 0 Å². The van der Waals surface area contributed by atoms with Gasteiger partial charge in [-0.3, -0.25) is 4.72 Å². The van der Waals surface area contributed by atoms with Crippen molar-refractivity contribution in [3.05, 3.63) is 23.8 Å². The van der Waals surface area contributed by atoms with Crippen molar-refractivity contribution in [2.24, 2.45) is 5.73 Å². The summed E-state index contributed by atoms with van der Waals surface area (Å²) in [5.74, 6) is 0.496. The zero-order chi connectivity index (χ0) is 13.8. The van der Waals surface area contributed by atoms with E-state index in [9.17, 15) is 8.42 Å². The Morgan fingerprint density at radius 2 is 2.11 bits per heavy atom. The Morgan fingerprint density at radius 1 is 1.44 bits per heavy atom. The highest BCUT2D eigenvalue weighted by Crippen LogP contribution is 2.27. The van der Waals surface area contributed by atoms with Crippen molar-refractivity contribution in [1.82, 2.24) is 0 Å². The van der Waals surface area contributed by atoms with Gasteiger partial charge in [0.25, 0.3) is 0 Å². The standard InChI is InChI=1S/C12H20N2O3S/c1-4-10(8-13)18(15,16)14-11-7-9(2)5-6-12(11)17-3/h5-7,10,14H,4,8,13H2,1-3H3. The van der Waals surface area contributed by atoms with E-state index in [1.54, 1.807) is 19.1 Å². The number of hydrogen-bond donors (Lipinski definition) is 2. The number of nitrogens with one attached hydrogen (secondary N) is 1. The first-order valence-electron chi connectivity index (χ1n) is 5.81. The van der Waals surface area contributed by atoms with Crippen LogP contribution in [-0.4, -0.2) is 27.3 Å². The Balaban J connectivity index is 3.07. The maximum Gasteiger partial charge on any atom is 0.236 e. The summed E-state index contributed by atoms with van der Waals surface area (Å²) >= 11 is 0. The van der Waals surface area contributed by atoms with Crippen LogP contribution in [-0.2, 0) is 10.0 Å². The number of methoxy groups -OCH3 is 1. The average Bonchev–Trinajstić information content (AvgIpc) is 2.29. The fourth-order valence-corrected chi connectivity index (χ4v) is 2.98. The van der Waals surface area contributed by atoms with Crippen molar-refractivity contribution in [1.29, 1.82) is 0 Å². The van der Waals surface area contributed by atoms with E-state index in [2.05, 4.69) is 4.72 Å². The van der Waals surface area contributed by atoms with E-state index in [4.69, 9.17) is 10.5 Å². The van der Waals surface area contributed by atoms with Crippen LogP contribution in [0.4, 0.5) is 5.69 Å². The van der Waals surface area contributed by atoms with Gasteiger partial charge in [-0.05, 0) is 31.0 Å². The zero-order valence-corrected chi connectivity index (χ0v) is 11.8. The number of rotatable bonds is 6. The highest BCUT2D eigenvalue weighted by atomic mass is 32.2. The van der Waals surface area contributed by atoms with Crippen LogP contribution in [0.25, 0.3) is 0 Å². The summed E-state index contributed by atoms with van der Waals surface area (Å²) in [6, 6.07) is 5.33. The van der Waals surface area contributed by atoms with Crippen LogP contribution in [0.5, 0.6) is 5.75 Å². The number of anilines is 1. The third-order valence-corrected chi connectivity index (χ3v) is 4.67. The maximum absolute atomic E-state index is 12.1. The molecule has 0 heterocycles. The molecule has 18 heavy (non-hydrogen) atoms. The number of hydrogen-bond acceptors (Lipinski definition) is 4. The Labute approximate surface area is 108 Å². The fraction of sp³-hybridized carbons (Fsp3) is 0.500. The molecule has 0 radical (unpaired) electrons. The molecule has 5 nitrogen and oxygen atoms in total. The lowest BCUT2D eigenvalue weighted by Crippen LogP contribution is -2.33. The summed E-state index contributed by atoms with van der Waals surface area (Å²) in [6.07, 6.45) is 0.472. The quantitative estimate of drug-likeness (QED) is 0.822. The molecule has 1 rings (SSSR count). The monoisotopic (exact) mass is 272 g/mol. The van der Waals surface area contributed by atoms with Crippen LogP contribution in [0.15, 0.2) is 18.2 Å². The second-order valence-electron chi connectivity index (χ2n) is 4.12. The molecule has 0 bridgehead atoms. The van der Waals surface area contributed by atoms with E-state index in [1.807, 2.05) is 13.0 Å². The van der Waals surface area contributed by atoms with Gasteiger partial charge < -0.3 is 10.5 Å². The van der Waals surface area contributed by atoms with Gasteiger partial charge in [0, 0.05) is 6.54 Å². The number of ether oxygens (including phenoxy) is 1. The molecule has 3 N–H and O–H groups in total. The smallest absolute Gasteiger partial charge is 0.236 e. The lowest BCUT2D eigenvalue weighted by Gasteiger charge is -2.17. The first kappa shape index (κ1) is 14.8. The van der Waals surface area contributed by atoms with E-state index < -0.39 is 15.3 Å². The Bertz CT molecular complexity index is 496. The van der Waals surface area contributed by atoms with E-state index in [-0.39, 0.29) is 6.54 Å². The van der Waals surface area contributed by atoms with Crippen LogP contribution < -0.4 is 15.2 Å². The van der Waals surface area contributed by atoms with Crippen molar-refractivity contribution in [2.75, 3.05) is 18.4 Å². The average molecular weight is 272 g/mol. The van der Waals surface area contributed by atoms with Crippen LogP contribution in [0, 0.1) is 6.92 Å². The molecule has 0 aliphatic heterocycles. The van der Waals surface area contributed by atoms with Gasteiger partial charge in [0.2, 0.25) is 10.0 Å². The summed E-state index contributed by atoms with van der Waals surface area (Å²) in [5.41, 5.74) is 6.87. The molecule has 0 spiro atoms. The molecule has 1 atom stereocenters. The third-order valence-electron chi connectivity index (χ3n) is 2.76. The van der Waals surface area contributed by atoms with Gasteiger partial charge in [-0.15, -0.1) is 0 Å². The number of aryl methyl sites for hydroxylation is 1. The third kappa shape index (κ3) is 3.36. The molecule has 1 aromatic carbocycles. The lowest BCUT2D eigenvalue weighted by molar-refractivity contribution is 0.416. The van der Waals surface area contributed by atoms with Crippen molar-refractivity contribution < 1.29 is 13.2 Å². The summed E-state index contributed by atoms with van der Waals surface area (Å²) in [5, 5.41) is -0.595. The number of nitrogens with two attached hydrogens (primary N) is 1. The molecule has 102 valence electrons. The first-order chi connectivity index (χ1) is 8.44. The van der Waals surface area contributed by atoms with Crippen molar-refractivity contribution in [3.8, 4) is 5.75 Å². The number of sulfonamides is 1. The van der Waals surface area contributed by atoms with Crippen molar-refractivity contribution in [3.63, 3.8) is 0 Å². The molecular weight excluding hydrogens is 252 g/mol. The van der Waals surface area contributed by atoms with Crippen molar-refractivity contribution >= 4 is 15.7 Å². The molecule has 6 heteroatoms. The first-order valence-corrected chi connectivity index (χ1v) is 7.35. The second kappa shape index (κ2) is 6.06. The van der Waals surface area contributed by atoms with Gasteiger partial charge in [0.1, 0.15) is 5.75 Å². The molecule has 0 aromatic heterocycles. The molecule has 0 aliphatic rings. The predicted octanol–water partition coefficient (Wildman–Crippen LogP) is 1.48. The maximum atomic E-state index is 12.1. The summed E-state index contributed by atoms with van der Waals surface area (Å²) in [4.78, 5) is 0. The van der Waals surface area contributed by atoms with Crippen LogP contribution in [0.3, 0.4) is 0 Å². The largest absolute Gasteiger partial charge is 0.495 e. The van der Waals surface area contributed by atoms with Gasteiger partial charge >= 0.3 is 0 Å². The predicted molar refractivity (Wildman–Crippen MR) is 73.4 cm³/mol. The molecule has 0 saturated carbocycles. The normalized spacial score (nSPS) is 13.1. The lowest BCUT2D eigenvalue weighted by atomic mass is 10.2. The molecular formula is C12H20N2O3S. The summed E-state index contributed by atoms with van der Waals surface area (Å²) < 4.78 is 31.9. The van der Waals surface area contributed by atoms with Crippen LogP contribution in [0.2, 0.25) is 0 Å². The minimum atomic E-state index is -3.48. The van der Waals surface area contributed by atoms with Gasteiger partial charge in [-0.1, -0.05) is 13.0 Å². The molecule has 0 amide bonds. The number of benzene rings is 1. The van der Waals surface area contributed by atoms with Gasteiger partial charge in [-0.25, -0.2) is 8.42 Å². The molecule has 1 aromatic rings. The van der Waals surface area contributed by atoms with E-state index in [0.29, 0.717) is 17.9 Å². The Morgan fingerprint density at radius 3 is 2.61 bits per heavy atom. The molecule has 1 unspecified atom stereocenters. The van der Waals surface area contributed by atoms with Crippen LogP contribution >= 0.6 is 0 Å². The molecule has 0 fully saturated rings. The minimum Gasteiger partial charge on any atom is -0.495 e. The highest BCUT2D eigenvalue weighted by molar-refractivity contribution is 7.93. The van der Waals surface area contributed by atoms with Gasteiger partial charge in [-0.2, -0.15) is 0 Å². The second-order valence-corrected chi connectivity index (χ2v) is 6.08. The zero-order valence-electron chi connectivity index (χ0n) is 10.9. The fourth-order valence-electron chi connectivity index (χ4n) is 1.65. The topological polar surface area (TPSA) is 81.4 Å². The van der Waals surface area contributed by atoms with Crippen molar-refractivity contribution in [2.45, 2.75) is 25.5 Å². The SMILES string of the molecule is CCC(CN)S(=O)(=O)Nc1cc(C)ccc1OC. The van der Waals surface area contributed by atoms with Crippen LogP contribution in [0.1, 0.15) is 18.9 Å². The van der Waals surface area contributed by atoms with E-state index in [1.165, 1.54) is 7.11 Å². The minimum absolute atomic E-state index is 0.0972. The summed E-state index contributed by atoms with van der Waals surface area (Å²) in [7, 11) is -1.98. The summed E-state index contributed by atoms with van der Waals surface area (Å²) in [6.45, 7) is 3.78. The van der Waals surface area contributed by atoms with E-state index in [0.717, 1.165) is 5.56 Å².